The number of rotatable bonds is 6. The zero-order valence-corrected chi connectivity index (χ0v) is 14.8. The van der Waals surface area contributed by atoms with Gasteiger partial charge in [0, 0.05) is 24.1 Å². The van der Waals surface area contributed by atoms with E-state index in [0.29, 0.717) is 19.6 Å². The number of hydrogen-bond acceptors (Lipinski definition) is 4. The van der Waals surface area contributed by atoms with E-state index in [1.807, 2.05) is 37.3 Å². The highest BCUT2D eigenvalue weighted by Gasteiger charge is 2.37. The molecule has 4 nitrogen and oxygen atoms in total. The van der Waals surface area contributed by atoms with Gasteiger partial charge in [0.1, 0.15) is 17.0 Å². The minimum atomic E-state index is -0.582. The highest BCUT2D eigenvalue weighted by atomic mass is 16.5. The first-order chi connectivity index (χ1) is 12.2. The van der Waals surface area contributed by atoms with Gasteiger partial charge in [0.25, 0.3) is 0 Å². The van der Waals surface area contributed by atoms with Crippen molar-refractivity contribution in [1.29, 1.82) is 5.26 Å². The number of benzene rings is 2. The van der Waals surface area contributed by atoms with Gasteiger partial charge in [-0.05, 0) is 37.5 Å². The lowest BCUT2D eigenvalue weighted by atomic mass is 9.78. The molecule has 0 fully saturated rings. The van der Waals surface area contributed by atoms with Crippen LogP contribution in [0.2, 0.25) is 0 Å². The predicted octanol–water partition coefficient (Wildman–Crippen LogP) is 3.63. The zero-order valence-electron chi connectivity index (χ0n) is 14.8. The average Bonchev–Trinajstić information content (AvgIpc) is 2.67. The first-order valence-electron chi connectivity index (χ1n) is 8.73. The van der Waals surface area contributed by atoms with Crippen molar-refractivity contribution in [2.24, 2.45) is 0 Å². The summed E-state index contributed by atoms with van der Waals surface area (Å²) in [5.74, 6) is 1.74. The molecule has 0 bridgehead atoms. The Morgan fingerprint density at radius 1 is 1.12 bits per heavy atom. The van der Waals surface area contributed by atoms with E-state index < -0.39 is 5.54 Å². The minimum absolute atomic E-state index is 0.582. The molecule has 1 atom stereocenters. The molecule has 3 rings (SSSR count). The fraction of sp³-hybridized carbons (Fsp3) is 0.381. The Hall–Kier alpha value is -2.51. The number of nitrogens with zero attached hydrogens (tertiary/aromatic N) is 1. The van der Waals surface area contributed by atoms with Gasteiger partial charge in [0.2, 0.25) is 0 Å². The molecule has 0 aliphatic heterocycles. The normalized spacial score (nSPS) is 18.9. The topological polar surface area (TPSA) is 54.3 Å². The molecule has 130 valence electrons. The largest absolute Gasteiger partial charge is 0.496 e. The summed E-state index contributed by atoms with van der Waals surface area (Å²) in [6.07, 6.45) is 2.18. The Morgan fingerprint density at radius 3 is 2.56 bits per heavy atom. The molecule has 0 aromatic heterocycles. The molecule has 1 aliphatic rings. The average molecular weight is 336 g/mol. The van der Waals surface area contributed by atoms with E-state index in [-0.39, 0.29) is 0 Å². The summed E-state index contributed by atoms with van der Waals surface area (Å²) in [5.41, 5.74) is 2.86. The zero-order chi connectivity index (χ0) is 17.7. The SMILES string of the molecule is CCOc1ccc(OC)c2c1CCC(C#N)(NCc1ccccc1)C2. The number of nitriles is 1. The molecule has 4 heteroatoms. The van der Waals surface area contributed by atoms with Gasteiger partial charge in [-0.15, -0.1) is 0 Å². The second kappa shape index (κ2) is 7.58. The third-order valence-corrected chi connectivity index (χ3v) is 4.83. The lowest BCUT2D eigenvalue weighted by Crippen LogP contribution is -2.48. The van der Waals surface area contributed by atoms with Crippen LogP contribution in [0.5, 0.6) is 11.5 Å². The quantitative estimate of drug-likeness (QED) is 0.875. The molecule has 25 heavy (non-hydrogen) atoms. The van der Waals surface area contributed by atoms with Gasteiger partial charge >= 0.3 is 0 Å². The highest BCUT2D eigenvalue weighted by molar-refractivity contribution is 5.52. The number of fused-ring (bicyclic) bond motifs is 1. The molecular weight excluding hydrogens is 312 g/mol. The van der Waals surface area contributed by atoms with Crippen LogP contribution in [0.4, 0.5) is 0 Å². The number of nitrogens with one attached hydrogen (secondary N) is 1. The summed E-state index contributed by atoms with van der Waals surface area (Å²) in [7, 11) is 1.68. The lowest BCUT2D eigenvalue weighted by Gasteiger charge is -2.34. The van der Waals surface area contributed by atoms with Crippen LogP contribution in [0.1, 0.15) is 30.0 Å². The van der Waals surface area contributed by atoms with E-state index in [1.165, 1.54) is 11.1 Å². The minimum Gasteiger partial charge on any atom is -0.496 e. The van der Waals surface area contributed by atoms with Crippen molar-refractivity contribution >= 4 is 0 Å². The van der Waals surface area contributed by atoms with Gasteiger partial charge in [-0.25, -0.2) is 0 Å². The van der Waals surface area contributed by atoms with E-state index in [1.54, 1.807) is 7.11 Å². The Morgan fingerprint density at radius 2 is 1.88 bits per heavy atom. The second-order valence-electron chi connectivity index (χ2n) is 6.37. The third-order valence-electron chi connectivity index (χ3n) is 4.83. The lowest BCUT2D eigenvalue weighted by molar-refractivity contribution is 0.316. The maximum atomic E-state index is 9.90. The Balaban J connectivity index is 1.86. The van der Waals surface area contributed by atoms with Crippen molar-refractivity contribution in [1.82, 2.24) is 5.32 Å². The first kappa shape index (κ1) is 17.3. The summed E-state index contributed by atoms with van der Waals surface area (Å²) in [4.78, 5) is 0. The summed E-state index contributed by atoms with van der Waals surface area (Å²) < 4.78 is 11.3. The molecule has 0 spiro atoms. The van der Waals surface area contributed by atoms with Crippen molar-refractivity contribution in [3.8, 4) is 17.6 Å². The fourth-order valence-corrected chi connectivity index (χ4v) is 3.48. The van der Waals surface area contributed by atoms with Crippen molar-refractivity contribution in [3.05, 3.63) is 59.2 Å². The van der Waals surface area contributed by atoms with Gasteiger partial charge < -0.3 is 9.47 Å². The van der Waals surface area contributed by atoms with E-state index >= 15 is 0 Å². The van der Waals surface area contributed by atoms with E-state index in [9.17, 15) is 5.26 Å². The molecule has 2 aromatic carbocycles. The molecule has 0 amide bonds. The number of hydrogen-bond donors (Lipinski definition) is 1. The molecule has 1 unspecified atom stereocenters. The maximum absolute atomic E-state index is 9.90. The predicted molar refractivity (Wildman–Crippen MR) is 97.8 cm³/mol. The smallest absolute Gasteiger partial charge is 0.123 e. The first-order valence-corrected chi connectivity index (χ1v) is 8.73. The van der Waals surface area contributed by atoms with E-state index in [2.05, 4.69) is 23.5 Å². The third kappa shape index (κ3) is 3.62. The van der Waals surface area contributed by atoms with Crippen molar-refractivity contribution in [2.45, 2.75) is 38.3 Å². The summed E-state index contributed by atoms with van der Waals surface area (Å²) in [5, 5.41) is 13.4. The van der Waals surface area contributed by atoms with Crippen LogP contribution >= 0.6 is 0 Å². The van der Waals surface area contributed by atoms with Gasteiger partial charge in [-0.1, -0.05) is 30.3 Å². The second-order valence-corrected chi connectivity index (χ2v) is 6.37. The summed E-state index contributed by atoms with van der Waals surface area (Å²) in [6.45, 7) is 3.30. The Kier molecular flexibility index (Phi) is 5.25. The Bertz CT molecular complexity index is 767. The van der Waals surface area contributed by atoms with Crippen LogP contribution in [0, 0.1) is 11.3 Å². The van der Waals surface area contributed by atoms with E-state index in [4.69, 9.17) is 9.47 Å². The number of methoxy groups -OCH3 is 1. The molecule has 0 radical (unpaired) electrons. The molecule has 0 saturated heterocycles. The van der Waals surface area contributed by atoms with Crippen LogP contribution in [-0.4, -0.2) is 19.3 Å². The van der Waals surface area contributed by atoms with Gasteiger partial charge in [0.05, 0.1) is 19.8 Å². The molecular formula is C21H24N2O2. The highest BCUT2D eigenvalue weighted by Crippen LogP contribution is 2.39. The maximum Gasteiger partial charge on any atom is 0.123 e. The molecule has 1 aliphatic carbocycles. The monoisotopic (exact) mass is 336 g/mol. The van der Waals surface area contributed by atoms with Crippen molar-refractivity contribution in [3.63, 3.8) is 0 Å². The number of ether oxygens (including phenoxy) is 2. The molecule has 0 saturated carbocycles. The van der Waals surface area contributed by atoms with Gasteiger partial charge in [0.15, 0.2) is 0 Å². The van der Waals surface area contributed by atoms with Crippen molar-refractivity contribution < 1.29 is 9.47 Å². The van der Waals surface area contributed by atoms with Crippen LogP contribution in [0.25, 0.3) is 0 Å². The fourth-order valence-electron chi connectivity index (χ4n) is 3.48. The molecule has 0 heterocycles. The van der Waals surface area contributed by atoms with Crippen LogP contribution < -0.4 is 14.8 Å². The molecule has 1 N–H and O–H groups in total. The van der Waals surface area contributed by atoms with Crippen molar-refractivity contribution in [2.75, 3.05) is 13.7 Å². The van der Waals surface area contributed by atoms with Gasteiger partial charge in [-0.2, -0.15) is 5.26 Å². The van der Waals surface area contributed by atoms with Crippen LogP contribution in [-0.2, 0) is 19.4 Å². The molecule has 2 aromatic rings. The summed E-state index contributed by atoms with van der Waals surface area (Å²) in [6, 6.07) is 16.6. The van der Waals surface area contributed by atoms with Crippen LogP contribution in [0.3, 0.4) is 0 Å². The van der Waals surface area contributed by atoms with Gasteiger partial charge in [-0.3, -0.25) is 5.32 Å². The van der Waals surface area contributed by atoms with Crippen LogP contribution in [0.15, 0.2) is 42.5 Å². The summed E-state index contributed by atoms with van der Waals surface area (Å²) >= 11 is 0. The Labute approximate surface area is 149 Å². The van der Waals surface area contributed by atoms with E-state index in [0.717, 1.165) is 29.9 Å². The standard InChI is InChI=1S/C21H24N2O2/c1-3-25-20-10-9-19(24-2)18-13-21(15-22,12-11-17(18)20)23-14-16-7-5-4-6-8-16/h4-10,23H,3,11-14H2,1-2H3.